The predicted molar refractivity (Wildman–Crippen MR) is 115 cm³/mol. The molecule has 1 aromatic carbocycles. The third-order valence-corrected chi connectivity index (χ3v) is 6.62. The Balaban J connectivity index is 1.62. The number of rotatable bonds is 3. The van der Waals surface area contributed by atoms with E-state index in [2.05, 4.69) is 4.98 Å². The molecule has 0 spiro atoms. The third-order valence-electron chi connectivity index (χ3n) is 6.62. The predicted octanol–water partition coefficient (Wildman–Crippen LogP) is 4.16. The van der Waals surface area contributed by atoms with Gasteiger partial charge in [-0.1, -0.05) is 25.3 Å². The summed E-state index contributed by atoms with van der Waals surface area (Å²) in [6.45, 7) is 2.00. The van der Waals surface area contributed by atoms with E-state index < -0.39 is 17.7 Å². The first kappa shape index (κ1) is 19.8. The van der Waals surface area contributed by atoms with Gasteiger partial charge in [-0.2, -0.15) is 0 Å². The first-order valence-corrected chi connectivity index (χ1v) is 11.0. The van der Waals surface area contributed by atoms with Crippen molar-refractivity contribution < 1.29 is 19.4 Å². The van der Waals surface area contributed by atoms with Crippen LogP contribution >= 0.6 is 0 Å². The first-order valence-electron chi connectivity index (χ1n) is 11.0. The lowest BCUT2D eigenvalue weighted by atomic mass is 9.91. The Morgan fingerprint density at radius 1 is 1.16 bits per heavy atom. The maximum Gasteiger partial charge on any atom is 0.295 e. The van der Waals surface area contributed by atoms with Crippen LogP contribution < -0.4 is 4.74 Å². The van der Waals surface area contributed by atoms with E-state index in [0.717, 1.165) is 55.4 Å². The Morgan fingerprint density at radius 2 is 1.97 bits per heavy atom. The number of nitrogens with zero attached hydrogens (tertiary/aromatic N) is 2. The van der Waals surface area contributed by atoms with E-state index in [0.29, 0.717) is 5.56 Å². The van der Waals surface area contributed by atoms with Crippen LogP contribution in [0.2, 0.25) is 0 Å². The van der Waals surface area contributed by atoms with Gasteiger partial charge in [-0.3, -0.25) is 14.6 Å². The fraction of sp³-hybridized carbons (Fsp3) is 0.400. The number of aliphatic hydroxyl groups is 1. The highest BCUT2D eigenvalue weighted by molar-refractivity contribution is 6.46. The maximum absolute atomic E-state index is 13.2. The van der Waals surface area contributed by atoms with E-state index in [9.17, 15) is 14.7 Å². The van der Waals surface area contributed by atoms with Crippen molar-refractivity contribution in [2.45, 2.75) is 63.6 Å². The molecule has 1 N–H and O–H groups in total. The van der Waals surface area contributed by atoms with Gasteiger partial charge in [0.2, 0.25) is 0 Å². The molecule has 0 radical (unpaired) electrons. The molecular formula is C25H26N2O4. The smallest absolute Gasteiger partial charge is 0.295 e. The van der Waals surface area contributed by atoms with Gasteiger partial charge < -0.3 is 14.7 Å². The summed E-state index contributed by atoms with van der Waals surface area (Å²) in [6.07, 6.45) is 9.14. The summed E-state index contributed by atoms with van der Waals surface area (Å²) in [7, 11) is 0. The second-order valence-electron chi connectivity index (χ2n) is 8.74. The minimum atomic E-state index is -0.625. The fourth-order valence-electron chi connectivity index (χ4n) is 5.18. The van der Waals surface area contributed by atoms with Crippen molar-refractivity contribution in [1.29, 1.82) is 0 Å². The maximum atomic E-state index is 13.2. The average molecular weight is 418 g/mol. The van der Waals surface area contributed by atoms with Crippen LogP contribution in [0.5, 0.6) is 5.75 Å². The van der Waals surface area contributed by atoms with Gasteiger partial charge in [0, 0.05) is 30.4 Å². The molecule has 31 heavy (non-hydrogen) atoms. The normalized spacial score (nSPS) is 25.5. The highest BCUT2D eigenvalue weighted by Gasteiger charge is 2.49. The number of ether oxygens (including phenoxy) is 1. The summed E-state index contributed by atoms with van der Waals surface area (Å²) < 4.78 is 5.76. The number of amides is 1. The minimum Gasteiger partial charge on any atom is -0.507 e. The zero-order valence-electron chi connectivity index (χ0n) is 17.6. The first-order chi connectivity index (χ1) is 15.0. The molecule has 1 saturated carbocycles. The summed E-state index contributed by atoms with van der Waals surface area (Å²) in [5.74, 6) is -0.481. The molecule has 2 fully saturated rings. The lowest BCUT2D eigenvalue weighted by molar-refractivity contribution is -0.141. The number of pyridine rings is 1. The lowest BCUT2D eigenvalue weighted by Gasteiger charge is -2.35. The van der Waals surface area contributed by atoms with Crippen molar-refractivity contribution in [2.75, 3.05) is 0 Å². The van der Waals surface area contributed by atoms with Gasteiger partial charge in [-0.05, 0) is 55.2 Å². The summed E-state index contributed by atoms with van der Waals surface area (Å²) >= 11 is 0. The van der Waals surface area contributed by atoms with Crippen molar-refractivity contribution >= 4 is 17.4 Å². The molecule has 2 aliphatic heterocycles. The number of likely N-dealkylation sites (tertiary alicyclic amines) is 1. The van der Waals surface area contributed by atoms with Crippen LogP contribution in [0.15, 0.2) is 48.3 Å². The molecule has 2 atom stereocenters. The average Bonchev–Trinajstić information content (AvgIpc) is 3.30. The van der Waals surface area contributed by atoms with Crippen molar-refractivity contribution in [3.63, 3.8) is 0 Å². The van der Waals surface area contributed by atoms with Crippen molar-refractivity contribution in [3.8, 4) is 5.75 Å². The molecule has 1 aromatic heterocycles. The van der Waals surface area contributed by atoms with E-state index >= 15 is 0 Å². The van der Waals surface area contributed by atoms with E-state index in [4.69, 9.17) is 4.74 Å². The third kappa shape index (κ3) is 3.40. The highest BCUT2D eigenvalue weighted by atomic mass is 16.5. The van der Waals surface area contributed by atoms with E-state index in [-0.39, 0.29) is 23.5 Å². The van der Waals surface area contributed by atoms with Gasteiger partial charge in [0.15, 0.2) is 0 Å². The number of ketones is 1. The second-order valence-corrected chi connectivity index (χ2v) is 8.74. The zero-order valence-corrected chi connectivity index (χ0v) is 17.6. The number of benzene rings is 1. The monoisotopic (exact) mass is 418 g/mol. The molecular weight excluding hydrogens is 392 g/mol. The molecule has 1 aliphatic carbocycles. The summed E-state index contributed by atoms with van der Waals surface area (Å²) in [4.78, 5) is 32.3. The molecule has 1 saturated heterocycles. The molecule has 6 heteroatoms. The Bertz CT molecular complexity index is 1060. The Labute approximate surface area is 181 Å². The highest BCUT2D eigenvalue weighted by Crippen LogP contribution is 2.43. The number of hydrogen-bond donors (Lipinski definition) is 1. The van der Waals surface area contributed by atoms with Crippen LogP contribution in [0.3, 0.4) is 0 Å². The van der Waals surface area contributed by atoms with Gasteiger partial charge in [-0.15, -0.1) is 0 Å². The van der Waals surface area contributed by atoms with Gasteiger partial charge in [0.1, 0.15) is 17.6 Å². The topological polar surface area (TPSA) is 79.7 Å². The SMILES string of the molecule is CC1Cc2cc(/C(O)=C3/C(=O)C(=O)N(C4CCCCC4)C3c3cccnc3)ccc2O1. The number of hydrogen-bond acceptors (Lipinski definition) is 5. The van der Waals surface area contributed by atoms with Crippen LogP contribution in [-0.2, 0) is 16.0 Å². The molecule has 1 amide bonds. The Kier molecular flexibility index (Phi) is 5.00. The molecule has 160 valence electrons. The van der Waals surface area contributed by atoms with Crippen LogP contribution in [-0.4, -0.2) is 38.8 Å². The minimum absolute atomic E-state index is 0.00465. The number of aromatic nitrogens is 1. The Hall–Kier alpha value is -3.15. The largest absolute Gasteiger partial charge is 0.507 e. The fourth-order valence-corrected chi connectivity index (χ4v) is 5.18. The van der Waals surface area contributed by atoms with E-state index in [1.54, 1.807) is 29.4 Å². The van der Waals surface area contributed by atoms with Crippen LogP contribution in [0.1, 0.15) is 61.8 Å². The van der Waals surface area contributed by atoms with E-state index in [1.165, 1.54) is 0 Å². The quantitative estimate of drug-likeness (QED) is 0.460. The molecule has 2 unspecified atom stereocenters. The number of aliphatic hydroxyl groups excluding tert-OH is 1. The summed E-state index contributed by atoms with van der Waals surface area (Å²) in [5.41, 5.74) is 2.42. The molecule has 5 rings (SSSR count). The van der Waals surface area contributed by atoms with Crippen LogP contribution in [0, 0.1) is 0 Å². The summed E-state index contributed by atoms with van der Waals surface area (Å²) in [5, 5.41) is 11.3. The number of carbonyl (C=O) groups is 2. The number of carbonyl (C=O) groups excluding carboxylic acids is 2. The van der Waals surface area contributed by atoms with Crippen molar-refractivity contribution in [3.05, 3.63) is 65.0 Å². The molecule has 0 bridgehead atoms. The Morgan fingerprint density at radius 3 is 2.71 bits per heavy atom. The molecule has 3 heterocycles. The van der Waals surface area contributed by atoms with Crippen LogP contribution in [0.25, 0.3) is 5.76 Å². The van der Waals surface area contributed by atoms with Gasteiger partial charge in [0.25, 0.3) is 11.7 Å². The number of fused-ring (bicyclic) bond motifs is 1. The van der Waals surface area contributed by atoms with Crippen LogP contribution in [0.4, 0.5) is 0 Å². The van der Waals surface area contributed by atoms with E-state index in [1.807, 2.05) is 25.1 Å². The summed E-state index contributed by atoms with van der Waals surface area (Å²) in [6, 6.07) is 8.47. The van der Waals surface area contributed by atoms with Gasteiger partial charge >= 0.3 is 0 Å². The van der Waals surface area contributed by atoms with Crippen molar-refractivity contribution in [2.24, 2.45) is 0 Å². The molecule has 6 nitrogen and oxygen atoms in total. The lowest BCUT2D eigenvalue weighted by Crippen LogP contribution is -2.40. The standard InChI is InChI=1S/C25H26N2O4/c1-15-12-18-13-16(9-10-20(18)31-15)23(28)21-22(17-6-5-11-26-14-17)27(25(30)24(21)29)19-7-3-2-4-8-19/h5-6,9-11,13-15,19,22,28H,2-4,7-8,12H2,1H3/b23-21-. The number of Topliss-reactive ketones (excluding diaryl/α,β-unsaturated/α-hetero) is 1. The van der Waals surface area contributed by atoms with Gasteiger partial charge in [0.05, 0.1) is 11.6 Å². The van der Waals surface area contributed by atoms with Crippen molar-refractivity contribution in [1.82, 2.24) is 9.88 Å². The zero-order chi connectivity index (χ0) is 21.5. The molecule has 2 aromatic rings. The van der Waals surface area contributed by atoms with Gasteiger partial charge in [-0.25, -0.2) is 0 Å². The molecule has 3 aliphatic rings. The second kappa shape index (κ2) is 7.84.